The second-order valence-corrected chi connectivity index (χ2v) is 9.67. The van der Waals surface area contributed by atoms with Crippen molar-refractivity contribution in [2.75, 3.05) is 19.8 Å². The number of carbonyl (C=O) groups is 2. The summed E-state index contributed by atoms with van der Waals surface area (Å²) in [6.45, 7) is 1.24. The van der Waals surface area contributed by atoms with E-state index in [4.69, 9.17) is 14.2 Å². The second-order valence-electron chi connectivity index (χ2n) is 9.67. The smallest absolute Gasteiger partial charge is 0.338 e. The molecule has 0 N–H and O–H groups in total. The number of hydrogen-bond donors (Lipinski definition) is 0. The minimum atomic E-state index is -0.436. The Hall–Kier alpha value is -1.88. The van der Waals surface area contributed by atoms with Gasteiger partial charge in [-0.05, 0) is 93.4 Å². The molecule has 6 rings (SSSR count). The molecule has 0 radical (unpaired) electrons. The summed E-state index contributed by atoms with van der Waals surface area (Å²) < 4.78 is 16.7. The van der Waals surface area contributed by atoms with Crippen LogP contribution in [0.5, 0.6) is 5.75 Å². The van der Waals surface area contributed by atoms with Crippen LogP contribution >= 0.6 is 0 Å². The number of rotatable bonds is 7. The Labute approximate surface area is 172 Å². The first kappa shape index (κ1) is 19.1. The highest BCUT2D eigenvalue weighted by molar-refractivity contribution is 5.93. The molecule has 4 saturated carbocycles. The molecule has 1 heterocycles. The predicted octanol–water partition coefficient (Wildman–Crippen LogP) is 4.19. The molecule has 1 aromatic carbocycles. The monoisotopic (exact) mass is 398 g/mol. The molecular formula is C24H30O5. The van der Waals surface area contributed by atoms with Gasteiger partial charge in [0.2, 0.25) is 0 Å². The molecule has 4 bridgehead atoms. The zero-order chi connectivity index (χ0) is 19.8. The molecule has 0 amide bonds. The summed E-state index contributed by atoms with van der Waals surface area (Å²) in [5.41, 5.74) is 0.238. The van der Waals surface area contributed by atoms with Gasteiger partial charge in [0.1, 0.15) is 12.4 Å². The maximum atomic E-state index is 13.0. The third-order valence-electron chi connectivity index (χ3n) is 7.51. The van der Waals surface area contributed by atoms with E-state index < -0.39 is 5.97 Å². The predicted molar refractivity (Wildman–Crippen MR) is 107 cm³/mol. The molecule has 1 unspecified atom stereocenters. The molecule has 0 spiro atoms. The van der Waals surface area contributed by atoms with Crippen molar-refractivity contribution in [3.8, 4) is 5.75 Å². The highest BCUT2D eigenvalue weighted by Gasteiger charge is 2.54. The Morgan fingerprint density at radius 2 is 1.66 bits per heavy atom. The van der Waals surface area contributed by atoms with Gasteiger partial charge in [-0.2, -0.15) is 0 Å². The van der Waals surface area contributed by atoms with Crippen LogP contribution in [0.3, 0.4) is 0 Å². The number of esters is 1. The summed E-state index contributed by atoms with van der Waals surface area (Å²) in [4.78, 5) is 25.4. The normalized spacial score (nSPS) is 34.9. The first-order valence-corrected chi connectivity index (χ1v) is 11.1. The van der Waals surface area contributed by atoms with Crippen LogP contribution in [0.25, 0.3) is 0 Å². The molecule has 156 valence electrons. The summed E-state index contributed by atoms with van der Waals surface area (Å²) in [6.07, 6.45) is 9.19. The fourth-order valence-corrected chi connectivity index (χ4v) is 6.47. The fourth-order valence-electron chi connectivity index (χ4n) is 6.47. The van der Waals surface area contributed by atoms with Crippen molar-refractivity contribution < 1.29 is 23.8 Å². The lowest BCUT2D eigenvalue weighted by Gasteiger charge is -2.55. The molecule has 29 heavy (non-hydrogen) atoms. The van der Waals surface area contributed by atoms with Gasteiger partial charge in [0.05, 0.1) is 11.7 Å². The largest absolute Gasteiger partial charge is 0.491 e. The van der Waals surface area contributed by atoms with E-state index in [0.717, 1.165) is 38.7 Å². The zero-order valence-corrected chi connectivity index (χ0v) is 16.9. The van der Waals surface area contributed by atoms with Gasteiger partial charge < -0.3 is 14.2 Å². The highest BCUT2D eigenvalue weighted by Crippen LogP contribution is 2.60. The number of benzene rings is 1. The molecule has 1 aromatic rings. The van der Waals surface area contributed by atoms with Gasteiger partial charge in [0.25, 0.3) is 0 Å². The summed E-state index contributed by atoms with van der Waals surface area (Å²) in [6, 6.07) is 6.93. The Morgan fingerprint density at radius 3 is 2.24 bits per heavy atom. The third-order valence-corrected chi connectivity index (χ3v) is 7.51. The van der Waals surface area contributed by atoms with Crippen LogP contribution in [-0.4, -0.2) is 37.7 Å². The van der Waals surface area contributed by atoms with E-state index in [2.05, 4.69) is 0 Å². The number of hydrogen-bond acceptors (Lipinski definition) is 5. The lowest BCUT2D eigenvalue weighted by Crippen LogP contribution is -2.51. The summed E-state index contributed by atoms with van der Waals surface area (Å²) in [5.74, 6) is 2.55. The Kier molecular flexibility index (Phi) is 5.10. The van der Waals surface area contributed by atoms with Crippen LogP contribution in [0.4, 0.5) is 0 Å². The van der Waals surface area contributed by atoms with E-state index >= 15 is 0 Å². The van der Waals surface area contributed by atoms with Crippen molar-refractivity contribution in [3.63, 3.8) is 0 Å². The minimum Gasteiger partial charge on any atom is -0.491 e. The zero-order valence-electron chi connectivity index (χ0n) is 16.9. The van der Waals surface area contributed by atoms with Gasteiger partial charge in [-0.15, -0.1) is 0 Å². The number of ketones is 1. The van der Waals surface area contributed by atoms with E-state index in [9.17, 15) is 9.59 Å². The average molecular weight is 398 g/mol. The summed E-state index contributed by atoms with van der Waals surface area (Å²) in [5, 5.41) is 0. The van der Waals surface area contributed by atoms with Gasteiger partial charge in [0.15, 0.2) is 12.4 Å². The van der Waals surface area contributed by atoms with E-state index in [-0.39, 0.29) is 23.9 Å². The quantitative estimate of drug-likeness (QED) is 0.645. The fraction of sp³-hybridized carbons (Fsp3) is 0.667. The molecule has 5 aliphatic rings. The van der Waals surface area contributed by atoms with Crippen molar-refractivity contribution >= 4 is 11.8 Å². The molecule has 5 fully saturated rings. The topological polar surface area (TPSA) is 61.8 Å². The van der Waals surface area contributed by atoms with Crippen LogP contribution in [0.2, 0.25) is 0 Å². The van der Waals surface area contributed by atoms with Gasteiger partial charge in [-0.3, -0.25) is 4.79 Å². The average Bonchev–Trinajstić information content (AvgIpc) is 3.23. The van der Waals surface area contributed by atoms with Crippen LogP contribution in [-0.2, 0) is 14.3 Å². The van der Waals surface area contributed by atoms with E-state index in [1.807, 2.05) is 0 Å². The Bertz CT molecular complexity index is 727. The van der Waals surface area contributed by atoms with Crippen molar-refractivity contribution in [3.05, 3.63) is 29.8 Å². The van der Waals surface area contributed by atoms with E-state index in [0.29, 0.717) is 35.7 Å². The van der Waals surface area contributed by atoms with Crippen molar-refractivity contribution in [2.45, 2.75) is 57.5 Å². The maximum absolute atomic E-state index is 13.0. The summed E-state index contributed by atoms with van der Waals surface area (Å²) in [7, 11) is 0. The Morgan fingerprint density at radius 1 is 1.00 bits per heavy atom. The van der Waals surface area contributed by atoms with Gasteiger partial charge in [0, 0.05) is 12.0 Å². The second kappa shape index (κ2) is 7.75. The molecule has 4 aliphatic carbocycles. The molecule has 1 atom stereocenters. The van der Waals surface area contributed by atoms with Crippen LogP contribution in [0.15, 0.2) is 24.3 Å². The van der Waals surface area contributed by atoms with Crippen molar-refractivity contribution in [2.24, 2.45) is 23.2 Å². The lowest BCUT2D eigenvalue weighted by atomic mass is 9.48. The molecule has 5 heteroatoms. The maximum Gasteiger partial charge on any atom is 0.338 e. The number of Topliss-reactive ketones (excluding diaryl/α,β-unsaturated/α-hetero) is 1. The van der Waals surface area contributed by atoms with Crippen molar-refractivity contribution in [1.82, 2.24) is 0 Å². The van der Waals surface area contributed by atoms with Crippen LogP contribution < -0.4 is 4.74 Å². The minimum absolute atomic E-state index is 0.0950. The van der Waals surface area contributed by atoms with Gasteiger partial charge >= 0.3 is 5.97 Å². The third kappa shape index (κ3) is 3.94. The van der Waals surface area contributed by atoms with Gasteiger partial charge in [-0.1, -0.05) is 0 Å². The highest BCUT2D eigenvalue weighted by atomic mass is 16.5. The Balaban J connectivity index is 1.13. The van der Waals surface area contributed by atoms with Crippen LogP contribution in [0.1, 0.15) is 61.7 Å². The molecule has 1 aliphatic heterocycles. The van der Waals surface area contributed by atoms with E-state index in [1.165, 1.54) is 19.3 Å². The lowest BCUT2D eigenvalue weighted by molar-refractivity contribution is -0.147. The van der Waals surface area contributed by atoms with Crippen molar-refractivity contribution in [1.29, 1.82) is 0 Å². The SMILES string of the molecule is O=C(OCC(=O)C12CC3CC(CC(C3)C1)C2)c1ccc(OCC2CCCO2)cc1. The first-order chi connectivity index (χ1) is 14.1. The van der Waals surface area contributed by atoms with Gasteiger partial charge in [-0.25, -0.2) is 4.79 Å². The number of ether oxygens (including phenoxy) is 3. The molecular weight excluding hydrogens is 368 g/mol. The van der Waals surface area contributed by atoms with E-state index in [1.54, 1.807) is 24.3 Å². The molecule has 0 aromatic heterocycles. The van der Waals surface area contributed by atoms with Crippen LogP contribution in [0, 0.1) is 23.2 Å². The standard InChI is InChI=1S/C24H30O5/c25-22(24-11-16-8-17(12-24)10-18(9-16)13-24)15-29-23(26)19-3-5-20(6-4-19)28-14-21-2-1-7-27-21/h3-6,16-18,21H,1-2,7-15H2. The first-order valence-electron chi connectivity index (χ1n) is 11.1. The molecule has 5 nitrogen and oxygen atoms in total. The molecule has 1 saturated heterocycles. The number of carbonyl (C=O) groups excluding carboxylic acids is 2. The summed E-state index contributed by atoms with van der Waals surface area (Å²) >= 11 is 0.